The summed E-state index contributed by atoms with van der Waals surface area (Å²) in [4.78, 5) is 0. The summed E-state index contributed by atoms with van der Waals surface area (Å²) in [5, 5.41) is 23.2. The van der Waals surface area contributed by atoms with E-state index in [0.29, 0.717) is 10.3 Å². The van der Waals surface area contributed by atoms with Gasteiger partial charge < -0.3 is 15.5 Å². The van der Waals surface area contributed by atoms with E-state index >= 15 is 0 Å². The highest BCUT2D eigenvalue weighted by molar-refractivity contribution is 8.00. The molecule has 19 heavy (non-hydrogen) atoms. The molecular weight excluding hydrogens is 258 g/mol. The molecule has 1 unspecified atom stereocenters. The third kappa shape index (κ3) is 3.18. The largest absolute Gasteiger partial charge is 0.507 e. The highest BCUT2D eigenvalue weighted by Gasteiger charge is 2.33. The highest BCUT2D eigenvalue weighted by Crippen LogP contribution is 2.40. The molecule has 1 atom stereocenters. The Morgan fingerprint density at radius 3 is 2.37 bits per heavy atom. The van der Waals surface area contributed by atoms with Crippen LogP contribution in [0.3, 0.4) is 0 Å². The van der Waals surface area contributed by atoms with Crippen molar-refractivity contribution in [1.29, 1.82) is 0 Å². The number of hydrogen-bond acceptors (Lipinski definition) is 4. The van der Waals surface area contributed by atoms with Crippen LogP contribution in [0.25, 0.3) is 0 Å². The third-order valence-electron chi connectivity index (χ3n) is 4.17. The number of hydrogen-bond donors (Lipinski definition) is 3. The zero-order chi connectivity index (χ0) is 13.9. The van der Waals surface area contributed by atoms with Crippen LogP contribution in [-0.2, 0) is 0 Å². The molecule has 1 saturated carbocycles. The number of aromatic hydroxyl groups is 2. The molecule has 0 spiro atoms. The number of phenolic OH excluding ortho intramolecular Hbond substituents is 2. The summed E-state index contributed by atoms with van der Waals surface area (Å²) in [6, 6.07) is 4.84. The smallest absolute Gasteiger partial charge is 0.124 e. The Morgan fingerprint density at radius 1 is 1.26 bits per heavy atom. The quantitative estimate of drug-likeness (QED) is 0.774. The lowest BCUT2D eigenvalue weighted by Crippen LogP contribution is -2.36. The van der Waals surface area contributed by atoms with Gasteiger partial charge in [0.05, 0.1) is 5.56 Å². The molecule has 1 fully saturated rings. The number of rotatable bonds is 5. The summed E-state index contributed by atoms with van der Waals surface area (Å²) < 4.78 is 0.328. The average molecular weight is 281 g/mol. The number of nitrogens with one attached hydrogen (secondary N) is 1. The van der Waals surface area contributed by atoms with E-state index in [1.165, 1.54) is 25.7 Å². The van der Waals surface area contributed by atoms with Crippen LogP contribution in [0.5, 0.6) is 11.5 Å². The van der Waals surface area contributed by atoms with Gasteiger partial charge in [0.15, 0.2) is 0 Å². The van der Waals surface area contributed by atoms with E-state index in [-0.39, 0.29) is 17.5 Å². The minimum atomic E-state index is -0.0502. The first-order chi connectivity index (χ1) is 9.08. The molecule has 106 valence electrons. The standard InChI is InChI=1S/C15H23NO2S/c1-11(14-12(17)6-5-7-13(14)18)16-10-15(19-2)8-3-4-9-15/h5-7,11,16-18H,3-4,8-10H2,1-2H3. The maximum absolute atomic E-state index is 9.87. The van der Waals surface area contributed by atoms with Gasteiger partial charge in [-0.25, -0.2) is 0 Å². The predicted octanol–water partition coefficient (Wildman–Crippen LogP) is 3.42. The van der Waals surface area contributed by atoms with Crippen LogP contribution in [0.15, 0.2) is 18.2 Å². The van der Waals surface area contributed by atoms with Gasteiger partial charge in [-0.2, -0.15) is 11.8 Å². The van der Waals surface area contributed by atoms with E-state index in [2.05, 4.69) is 11.6 Å². The molecule has 4 heteroatoms. The lowest BCUT2D eigenvalue weighted by Gasteiger charge is -2.29. The van der Waals surface area contributed by atoms with Gasteiger partial charge in [-0.3, -0.25) is 0 Å². The molecule has 3 nitrogen and oxygen atoms in total. The van der Waals surface area contributed by atoms with E-state index in [0.717, 1.165) is 6.54 Å². The molecule has 0 aromatic heterocycles. The second kappa shape index (κ2) is 6.06. The summed E-state index contributed by atoms with van der Waals surface area (Å²) in [5.41, 5.74) is 0.594. The van der Waals surface area contributed by atoms with Crippen molar-refractivity contribution in [3.63, 3.8) is 0 Å². The van der Waals surface area contributed by atoms with Crippen LogP contribution >= 0.6 is 11.8 Å². The normalized spacial score (nSPS) is 19.5. The Hall–Kier alpha value is -0.870. The lowest BCUT2D eigenvalue weighted by molar-refractivity contribution is 0.410. The molecule has 1 aromatic carbocycles. The first kappa shape index (κ1) is 14.5. The monoisotopic (exact) mass is 281 g/mol. The van der Waals surface area contributed by atoms with Gasteiger partial charge in [0, 0.05) is 17.3 Å². The molecule has 0 aliphatic heterocycles. The molecule has 0 saturated heterocycles. The topological polar surface area (TPSA) is 52.5 Å². The molecule has 0 heterocycles. The van der Waals surface area contributed by atoms with Crippen molar-refractivity contribution in [1.82, 2.24) is 5.32 Å². The number of benzene rings is 1. The summed E-state index contributed by atoms with van der Waals surface area (Å²) in [6.07, 6.45) is 7.29. The summed E-state index contributed by atoms with van der Waals surface area (Å²) in [5.74, 6) is 0.314. The lowest BCUT2D eigenvalue weighted by atomic mass is 10.0. The Kier molecular flexibility index (Phi) is 4.63. The Bertz CT molecular complexity index is 410. The zero-order valence-electron chi connectivity index (χ0n) is 11.6. The van der Waals surface area contributed by atoms with Crippen molar-refractivity contribution in [3.05, 3.63) is 23.8 Å². The minimum Gasteiger partial charge on any atom is -0.507 e. The maximum Gasteiger partial charge on any atom is 0.124 e. The summed E-state index contributed by atoms with van der Waals surface area (Å²) in [7, 11) is 0. The second-order valence-electron chi connectivity index (χ2n) is 5.41. The van der Waals surface area contributed by atoms with E-state index in [9.17, 15) is 10.2 Å². The van der Waals surface area contributed by atoms with Crippen LogP contribution in [0.1, 0.15) is 44.2 Å². The van der Waals surface area contributed by atoms with Crippen LogP contribution in [-0.4, -0.2) is 27.8 Å². The van der Waals surface area contributed by atoms with Crippen molar-refractivity contribution in [2.24, 2.45) is 0 Å². The van der Waals surface area contributed by atoms with Crippen LogP contribution in [0.2, 0.25) is 0 Å². The third-order valence-corrected chi connectivity index (χ3v) is 5.59. The molecule has 0 radical (unpaired) electrons. The van der Waals surface area contributed by atoms with E-state index in [1.807, 2.05) is 18.7 Å². The van der Waals surface area contributed by atoms with E-state index in [4.69, 9.17) is 0 Å². The second-order valence-corrected chi connectivity index (χ2v) is 6.68. The van der Waals surface area contributed by atoms with Crippen LogP contribution in [0, 0.1) is 0 Å². The minimum absolute atomic E-state index is 0.0502. The molecule has 3 N–H and O–H groups in total. The van der Waals surface area contributed by atoms with Gasteiger partial charge in [0.25, 0.3) is 0 Å². The van der Waals surface area contributed by atoms with Crippen molar-refractivity contribution < 1.29 is 10.2 Å². The average Bonchev–Trinajstić information content (AvgIpc) is 2.86. The summed E-state index contributed by atoms with van der Waals surface area (Å²) in [6.45, 7) is 2.90. The fourth-order valence-electron chi connectivity index (χ4n) is 2.90. The first-order valence-corrected chi connectivity index (χ1v) is 8.10. The van der Waals surface area contributed by atoms with Gasteiger partial charge >= 0.3 is 0 Å². The van der Waals surface area contributed by atoms with Gasteiger partial charge in [0.2, 0.25) is 0 Å². The van der Waals surface area contributed by atoms with Crippen LogP contribution < -0.4 is 5.32 Å². The number of phenols is 2. The van der Waals surface area contributed by atoms with E-state index < -0.39 is 0 Å². The molecule has 1 aliphatic carbocycles. The Morgan fingerprint density at radius 2 is 1.84 bits per heavy atom. The first-order valence-electron chi connectivity index (χ1n) is 6.87. The zero-order valence-corrected chi connectivity index (χ0v) is 12.5. The summed E-state index contributed by atoms with van der Waals surface area (Å²) >= 11 is 1.94. The van der Waals surface area contributed by atoms with Gasteiger partial charge in [-0.05, 0) is 38.2 Å². The Labute approximate surface area is 119 Å². The predicted molar refractivity (Wildman–Crippen MR) is 80.9 cm³/mol. The fraction of sp³-hybridized carbons (Fsp3) is 0.600. The Balaban J connectivity index is 2.03. The van der Waals surface area contributed by atoms with Gasteiger partial charge in [0.1, 0.15) is 11.5 Å². The number of thioether (sulfide) groups is 1. The van der Waals surface area contributed by atoms with Gasteiger partial charge in [-0.1, -0.05) is 18.9 Å². The highest BCUT2D eigenvalue weighted by atomic mass is 32.2. The van der Waals surface area contributed by atoms with E-state index in [1.54, 1.807) is 18.2 Å². The molecule has 0 bridgehead atoms. The molecular formula is C15H23NO2S. The molecule has 2 rings (SSSR count). The van der Waals surface area contributed by atoms with Crippen molar-refractivity contribution >= 4 is 11.8 Å². The maximum atomic E-state index is 9.87. The fourth-order valence-corrected chi connectivity index (χ4v) is 3.82. The molecule has 1 aliphatic rings. The van der Waals surface area contributed by atoms with Crippen molar-refractivity contribution in [3.8, 4) is 11.5 Å². The van der Waals surface area contributed by atoms with Crippen LogP contribution in [0.4, 0.5) is 0 Å². The van der Waals surface area contributed by atoms with Gasteiger partial charge in [-0.15, -0.1) is 0 Å². The molecule has 0 amide bonds. The van der Waals surface area contributed by atoms with Crippen molar-refractivity contribution in [2.75, 3.05) is 12.8 Å². The molecule has 1 aromatic rings. The SMILES string of the molecule is CSC1(CNC(C)c2c(O)cccc2O)CCCC1. The van der Waals surface area contributed by atoms with Crippen molar-refractivity contribution in [2.45, 2.75) is 43.4 Å².